The van der Waals surface area contributed by atoms with Gasteiger partial charge < -0.3 is 0 Å². The lowest BCUT2D eigenvalue weighted by atomic mass is 10.0. The molecule has 0 bridgehead atoms. The molecule has 1 aromatic carbocycles. The van der Waals surface area contributed by atoms with Crippen LogP contribution in [0.25, 0.3) is 21.8 Å². The molecular formula is C26H30N4O2S2. The van der Waals surface area contributed by atoms with E-state index in [1.807, 2.05) is 54.9 Å². The van der Waals surface area contributed by atoms with Gasteiger partial charge in [-0.1, -0.05) is 38.0 Å². The Morgan fingerprint density at radius 3 is 2.53 bits per heavy atom. The van der Waals surface area contributed by atoms with Gasteiger partial charge in [-0.15, -0.1) is 11.3 Å². The van der Waals surface area contributed by atoms with Crippen LogP contribution in [0.15, 0.2) is 65.0 Å². The summed E-state index contributed by atoms with van der Waals surface area (Å²) in [4.78, 5) is 5.73. The fourth-order valence-corrected chi connectivity index (χ4v) is 5.66. The Labute approximate surface area is 205 Å². The molecule has 34 heavy (non-hydrogen) atoms. The van der Waals surface area contributed by atoms with E-state index in [4.69, 9.17) is 0 Å². The van der Waals surface area contributed by atoms with Crippen LogP contribution in [0.5, 0.6) is 0 Å². The number of nitrogens with one attached hydrogen (secondary N) is 2. The van der Waals surface area contributed by atoms with Crippen molar-refractivity contribution >= 4 is 21.4 Å². The van der Waals surface area contributed by atoms with Gasteiger partial charge in [0.15, 0.2) is 0 Å². The minimum Gasteiger partial charge on any atom is -0.277 e. The number of H-pyrrole nitrogens is 1. The van der Waals surface area contributed by atoms with Gasteiger partial charge in [0.1, 0.15) is 5.69 Å². The molecule has 0 aliphatic rings. The second-order valence-corrected chi connectivity index (χ2v) is 11.1. The molecule has 0 saturated heterocycles. The van der Waals surface area contributed by atoms with Gasteiger partial charge in [-0.05, 0) is 67.5 Å². The smallest absolute Gasteiger partial charge is 0.240 e. The van der Waals surface area contributed by atoms with E-state index in [1.54, 1.807) is 23.5 Å². The maximum Gasteiger partial charge on any atom is 0.240 e. The van der Waals surface area contributed by atoms with Crippen LogP contribution in [-0.2, 0) is 22.9 Å². The van der Waals surface area contributed by atoms with Crippen molar-refractivity contribution in [3.63, 3.8) is 0 Å². The number of aromatic amines is 1. The van der Waals surface area contributed by atoms with E-state index >= 15 is 0 Å². The molecule has 0 fully saturated rings. The molecule has 0 saturated carbocycles. The molecule has 0 aliphatic heterocycles. The van der Waals surface area contributed by atoms with E-state index in [0.29, 0.717) is 11.3 Å². The Balaban J connectivity index is 1.49. The Bertz CT molecular complexity index is 1290. The molecule has 3 aromatic heterocycles. The van der Waals surface area contributed by atoms with Crippen LogP contribution < -0.4 is 4.72 Å². The number of sulfonamides is 1. The van der Waals surface area contributed by atoms with E-state index in [-0.39, 0.29) is 6.54 Å². The van der Waals surface area contributed by atoms with Gasteiger partial charge in [0, 0.05) is 29.6 Å². The molecule has 0 radical (unpaired) electrons. The molecule has 2 N–H and O–H groups in total. The van der Waals surface area contributed by atoms with Gasteiger partial charge in [-0.3, -0.25) is 10.1 Å². The number of rotatable bonds is 11. The number of hydrogen-bond donors (Lipinski definition) is 2. The van der Waals surface area contributed by atoms with Crippen molar-refractivity contribution in [3.8, 4) is 21.8 Å². The van der Waals surface area contributed by atoms with Crippen LogP contribution in [0.1, 0.15) is 43.0 Å². The van der Waals surface area contributed by atoms with Gasteiger partial charge in [0.25, 0.3) is 0 Å². The van der Waals surface area contributed by atoms with Crippen LogP contribution in [0, 0.1) is 6.92 Å². The number of hydrogen-bond acceptors (Lipinski definition) is 5. The average Bonchev–Trinajstić information content (AvgIpc) is 3.50. The van der Waals surface area contributed by atoms with Crippen LogP contribution in [0.4, 0.5) is 0 Å². The number of nitrogens with zero attached hydrogens (tertiary/aromatic N) is 2. The van der Waals surface area contributed by atoms with Gasteiger partial charge in [0.05, 0.1) is 15.5 Å². The summed E-state index contributed by atoms with van der Waals surface area (Å²) in [5, 5.41) is 9.71. The molecule has 6 nitrogen and oxygen atoms in total. The fourth-order valence-electron chi connectivity index (χ4n) is 3.89. The van der Waals surface area contributed by atoms with Crippen molar-refractivity contribution in [2.24, 2.45) is 0 Å². The largest absolute Gasteiger partial charge is 0.277 e. The van der Waals surface area contributed by atoms with E-state index in [2.05, 4.69) is 26.8 Å². The highest BCUT2D eigenvalue weighted by molar-refractivity contribution is 7.89. The van der Waals surface area contributed by atoms with E-state index in [0.717, 1.165) is 45.9 Å². The summed E-state index contributed by atoms with van der Waals surface area (Å²) in [5.41, 5.74) is 5.72. The van der Waals surface area contributed by atoms with Crippen LogP contribution in [0.2, 0.25) is 0 Å². The second kappa shape index (κ2) is 11.1. The first kappa shape index (κ1) is 24.3. The topological polar surface area (TPSA) is 87.7 Å². The Hall–Kier alpha value is -2.81. The first-order chi connectivity index (χ1) is 16.5. The molecule has 4 aromatic rings. The van der Waals surface area contributed by atoms with Crippen molar-refractivity contribution in [2.75, 3.05) is 6.54 Å². The Kier molecular flexibility index (Phi) is 7.92. The molecular weight excluding hydrogens is 464 g/mol. The minimum absolute atomic E-state index is 0.269. The molecule has 0 atom stereocenters. The maximum absolute atomic E-state index is 12.9. The zero-order valence-electron chi connectivity index (χ0n) is 19.5. The summed E-state index contributed by atoms with van der Waals surface area (Å²) in [6.45, 7) is 4.39. The maximum atomic E-state index is 12.9. The highest BCUT2D eigenvalue weighted by atomic mass is 32.2. The Morgan fingerprint density at radius 1 is 1.03 bits per heavy atom. The number of aromatic nitrogens is 3. The SMILES string of the molecule is CCCCCc1ccc(S(=O)(=O)NCCc2c(-c3cccs3)n[nH]c2-c2ccc(C)nc2)cc1. The third-order valence-corrected chi connectivity index (χ3v) is 8.14. The molecule has 8 heteroatoms. The summed E-state index contributed by atoms with van der Waals surface area (Å²) in [6, 6.07) is 15.2. The molecule has 0 spiro atoms. The van der Waals surface area contributed by atoms with Crippen molar-refractivity contribution in [3.05, 3.63) is 76.9 Å². The van der Waals surface area contributed by atoms with Crippen molar-refractivity contribution < 1.29 is 8.42 Å². The summed E-state index contributed by atoms with van der Waals surface area (Å²) < 4.78 is 28.6. The summed E-state index contributed by atoms with van der Waals surface area (Å²) in [5.74, 6) is 0. The third-order valence-electron chi connectivity index (χ3n) is 5.79. The molecule has 0 unspecified atom stereocenters. The predicted molar refractivity (Wildman–Crippen MR) is 138 cm³/mol. The lowest BCUT2D eigenvalue weighted by molar-refractivity contribution is 0.581. The van der Waals surface area contributed by atoms with Crippen molar-refractivity contribution in [1.82, 2.24) is 19.9 Å². The number of pyridine rings is 1. The standard InChI is InChI=1S/C26H30N4O2S2/c1-3-4-5-7-20-10-13-22(14-11-20)34(31,32)28-16-15-23-25(21-12-9-19(2)27-18-21)29-30-26(23)24-8-6-17-33-24/h6,8-14,17-18,28H,3-5,7,15-16H2,1-2H3,(H,29,30). The molecule has 0 amide bonds. The summed E-state index contributed by atoms with van der Waals surface area (Å²) in [7, 11) is -3.60. The van der Waals surface area contributed by atoms with E-state index in [9.17, 15) is 8.42 Å². The second-order valence-electron chi connectivity index (χ2n) is 8.34. The third kappa shape index (κ3) is 5.81. The quantitative estimate of drug-likeness (QED) is 0.259. The summed E-state index contributed by atoms with van der Waals surface area (Å²) >= 11 is 1.61. The van der Waals surface area contributed by atoms with Crippen LogP contribution in [0.3, 0.4) is 0 Å². The number of thiophene rings is 1. The van der Waals surface area contributed by atoms with Crippen LogP contribution >= 0.6 is 11.3 Å². The highest BCUT2D eigenvalue weighted by Crippen LogP contribution is 2.32. The number of unbranched alkanes of at least 4 members (excludes halogenated alkanes) is 2. The first-order valence-electron chi connectivity index (χ1n) is 11.6. The molecule has 3 heterocycles. The van der Waals surface area contributed by atoms with Gasteiger partial charge in [-0.25, -0.2) is 13.1 Å². The van der Waals surface area contributed by atoms with E-state index < -0.39 is 10.0 Å². The number of benzene rings is 1. The predicted octanol–water partition coefficient (Wildman–Crippen LogP) is 5.76. The Morgan fingerprint density at radius 2 is 1.85 bits per heavy atom. The first-order valence-corrected chi connectivity index (χ1v) is 14.0. The molecule has 4 rings (SSSR count). The lowest BCUT2D eigenvalue weighted by Gasteiger charge is -2.09. The van der Waals surface area contributed by atoms with Gasteiger partial charge in [0.2, 0.25) is 10.0 Å². The lowest BCUT2D eigenvalue weighted by Crippen LogP contribution is -2.26. The summed E-state index contributed by atoms with van der Waals surface area (Å²) in [6.07, 6.45) is 6.77. The number of aryl methyl sites for hydroxylation is 2. The van der Waals surface area contributed by atoms with Crippen molar-refractivity contribution in [2.45, 2.75) is 50.8 Å². The highest BCUT2D eigenvalue weighted by Gasteiger charge is 2.19. The van der Waals surface area contributed by atoms with E-state index in [1.165, 1.54) is 18.4 Å². The zero-order valence-corrected chi connectivity index (χ0v) is 21.2. The van der Waals surface area contributed by atoms with Gasteiger partial charge >= 0.3 is 0 Å². The monoisotopic (exact) mass is 494 g/mol. The molecule has 0 aliphatic carbocycles. The van der Waals surface area contributed by atoms with Crippen LogP contribution in [-0.4, -0.2) is 30.1 Å². The van der Waals surface area contributed by atoms with Gasteiger partial charge in [-0.2, -0.15) is 5.10 Å². The normalized spacial score (nSPS) is 11.7. The molecule has 178 valence electrons. The average molecular weight is 495 g/mol. The fraction of sp³-hybridized carbons (Fsp3) is 0.308. The zero-order chi connectivity index (χ0) is 24.0. The van der Waals surface area contributed by atoms with Crippen molar-refractivity contribution in [1.29, 1.82) is 0 Å². The minimum atomic E-state index is -3.60.